The summed E-state index contributed by atoms with van der Waals surface area (Å²) >= 11 is 0. The Morgan fingerprint density at radius 2 is 2.11 bits per heavy atom. The van der Waals surface area contributed by atoms with Crippen LogP contribution in [0.1, 0.15) is 34.9 Å². The Morgan fingerprint density at radius 3 is 2.89 bits per heavy atom. The summed E-state index contributed by atoms with van der Waals surface area (Å²) in [6, 6.07) is 13.0. The van der Waals surface area contributed by atoms with E-state index in [1.54, 1.807) is 23.2 Å². The van der Waals surface area contributed by atoms with Crippen molar-refractivity contribution in [3.05, 3.63) is 59.8 Å². The summed E-state index contributed by atoms with van der Waals surface area (Å²) < 4.78 is 11.6. The van der Waals surface area contributed by atoms with Crippen LogP contribution in [0.25, 0.3) is 0 Å². The molecular formula is C21H21N3O4. The molecule has 1 spiro atoms. The van der Waals surface area contributed by atoms with Gasteiger partial charge in [0.2, 0.25) is 11.8 Å². The third kappa shape index (κ3) is 2.43. The minimum atomic E-state index is -0.718. The number of aromatic nitrogens is 1. The van der Waals surface area contributed by atoms with Gasteiger partial charge in [-0.25, -0.2) is 4.98 Å². The van der Waals surface area contributed by atoms with E-state index in [4.69, 9.17) is 9.47 Å². The van der Waals surface area contributed by atoms with Crippen LogP contribution in [0, 0.1) is 0 Å². The average molecular weight is 379 g/mol. The molecule has 0 N–H and O–H groups in total. The number of ether oxygens (including phenoxy) is 2. The first-order valence-electron chi connectivity index (χ1n) is 9.46. The maximum Gasteiger partial charge on any atom is 0.254 e. The van der Waals surface area contributed by atoms with Crippen molar-refractivity contribution < 1.29 is 19.1 Å². The van der Waals surface area contributed by atoms with E-state index in [-0.39, 0.29) is 24.0 Å². The molecule has 7 nitrogen and oxygen atoms in total. The summed E-state index contributed by atoms with van der Waals surface area (Å²) in [6.45, 7) is 1.09. The van der Waals surface area contributed by atoms with E-state index in [1.165, 1.54) is 7.11 Å². The number of nitrogens with zero attached hydrogens (tertiary/aromatic N) is 3. The molecule has 7 heteroatoms. The zero-order chi connectivity index (χ0) is 19.3. The lowest BCUT2D eigenvalue weighted by atomic mass is 10.1. The molecule has 3 fully saturated rings. The van der Waals surface area contributed by atoms with Gasteiger partial charge in [0.1, 0.15) is 6.10 Å². The Labute approximate surface area is 162 Å². The smallest absolute Gasteiger partial charge is 0.254 e. The Morgan fingerprint density at radius 1 is 1.29 bits per heavy atom. The molecule has 3 atom stereocenters. The Hall–Kier alpha value is -2.93. The van der Waals surface area contributed by atoms with Crippen molar-refractivity contribution in [2.75, 3.05) is 20.2 Å². The molecule has 0 saturated carbocycles. The van der Waals surface area contributed by atoms with Crippen LogP contribution in [-0.2, 0) is 9.53 Å². The zero-order valence-corrected chi connectivity index (χ0v) is 15.6. The van der Waals surface area contributed by atoms with Crippen LogP contribution in [0.5, 0.6) is 5.88 Å². The van der Waals surface area contributed by atoms with E-state index in [9.17, 15) is 9.59 Å². The predicted octanol–water partition coefficient (Wildman–Crippen LogP) is 2.00. The van der Waals surface area contributed by atoms with Crippen LogP contribution in [-0.4, -0.2) is 58.6 Å². The van der Waals surface area contributed by atoms with Crippen molar-refractivity contribution in [2.45, 2.75) is 30.7 Å². The minimum Gasteiger partial charge on any atom is -0.481 e. The van der Waals surface area contributed by atoms with Gasteiger partial charge in [-0.05, 0) is 11.6 Å². The van der Waals surface area contributed by atoms with Crippen LogP contribution in [0.2, 0.25) is 0 Å². The molecule has 4 heterocycles. The number of benzene rings is 1. The van der Waals surface area contributed by atoms with Crippen LogP contribution in [0.4, 0.5) is 0 Å². The maximum atomic E-state index is 13.2. The fourth-order valence-electron chi connectivity index (χ4n) is 4.73. The van der Waals surface area contributed by atoms with Crippen LogP contribution in [0.15, 0.2) is 48.7 Å². The highest BCUT2D eigenvalue weighted by molar-refractivity contribution is 5.96. The number of rotatable bonds is 3. The lowest BCUT2D eigenvalue weighted by Gasteiger charge is -2.32. The lowest BCUT2D eigenvalue weighted by Crippen LogP contribution is -2.48. The van der Waals surface area contributed by atoms with Crippen molar-refractivity contribution in [2.24, 2.45) is 0 Å². The molecule has 3 aliphatic heterocycles. The van der Waals surface area contributed by atoms with E-state index in [0.29, 0.717) is 37.4 Å². The van der Waals surface area contributed by atoms with E-state index in [2.05, 4.69) is 4.98 Å². The standard InChI is InChI=1S/C21H21N3O4/c1-27-18-11-15(7-9-22-18)20(26)23-10-8-21-17(23)12-19(25)24(21)13-16(28-21)14-5-3-2-4-6-14/h2-7,9,11,16-17H,8,10,12-13H2,1H3/t16-,17+,21-/m0/s1. The topological polar surface area (TPSA) is 72.0 Å². The second kappa shape index (κ2) is 6.31. The summed E-state index contributed by atoms with van der Waals surface area (Å²) in [5.74, 6) is 0.322. The van der Waals surface area contributed by atoms with Gasteiger partial charge in [0.05, 0.1) is 26.1 Å². The van der Waals surface area contributed by atoms with Crippen molar-refractivity contribution in [3.8, 4) is 5.88 Å². The third-order valence-electron chi connectivity index (χ3n) is 6.05. The first-order chi connectivity index (χ1) is 13.6. The third-order valence-corrected chi connectivity index (χ3v) is 6.05. The van der Waals surface area contributed by atoms with Crippen molar-refractivity contribution >= 4 is 11.8 Å². The minimum absolute atomic E-state index is 0.0493. The second-order valence-electron chi connectivity index (χ2n) is 7.42. The Balaban J connectivity index is 1.43. The largest absolute Gasteiger partial charge is 0.481 e. The van der Waals surface area contributed by atoms with Gasteiger partial charge >= 0.3 is 0 Å². The van der Waals surface area contributed by atoms with E-state index >= 15 is 0 Å². The molecule has 0 bridgehead atoms. The highest BCUT2D eigenvalue weighted by Crippen LogP contribution is 2.50. The molecule has 2 amide bonds. The monoisotopic (exact) mass is 379 g/mol. The van der Waals surface area contributed by atoms with Crippen LogP contribution < -0.4 is 4.74 Å². The molecule has 1 aromatic heterocycles. The number of likely N-dealkylation sites (tertiary alicyclic amines) is 1. The number of hydrogen-bond acceptors (Lipinski definition) is 5. The van der Waals surface area contributed by atoms with Crippen molar-refractivity contribution in [1.29, 1.82) is 0 Å². The summed E-state index contributed by atoms with van der Waals surface area (Å²) in [4.78, 5) is 33.6. The van der Waals surface area contributed by atoms with Gasteiger partial charge in [-0.15, -0.1) is 0 Å². The highest BCUT2D eigenvalue weighted by Gasteiger charge is 2.65. The molecule has 0 radical (unpaired) electrons. The summed E-state index contributed by atoms with van der Waals surface area (Å²) in [5, 5.41) is 0. The lowest BCUT2D eigenvalue weighted by molar-refractivity contribution is -0.138. The van der Waals surface area contributed by atoms with Crippen molar-refractivity contribution in [3.63, 3.8) is 0 Å². The van der Waals surface area contributed by atoms with Gasteiger partial charge in [0.25, 0.3) is 5.91 Å². The number of methoxy groups -OCH3 is 1. The van der Waals surface area contributed by atoms with Gasteiger partial charge in [0.15, 0.2) is 5.72 Å². The number of hydrogen-bond donors (Lipinski definition) is 0. The molecule has 1 aromatic carbocycles. The Bertz CT molecular complexity index is 934. The van der Waals surface area contributed by atoms with E-state index in [1.807, 2.05) is 35.2 Å². The SMILES string of the molecule is COc1cc(C(=O)N2CC[C@@]34O[C@H](c5ccccc5)CN3C(=O)C[C@@H]24)ccn1. The number of carbonyl (C=O) groups is 2. The molecule has 0 aliphatic carbocycles. The molecule has 2 aromatic rings. The van der Waals surface area contributed by atoms with Gasteiger partial charge < -0.3 is 19.3 Å². The molecule has 5 rings (SSSR count). The molecular weight excluding hydrogens is 358 g/mol. The normalized spacial score (nSPS) is 28.4. The molecule has 3 aliphatic rings. The Kier molecular flexibility index (Phi) is 3.87. The van der Waals surface area contributed by atoms with E-state index in [0.717, 1.165) is 5.56 Å². The van der Waals surface area contributed by atoms with Crippen LogP contribution in [0.3, 0.4) is 0 Å². The fraction of sp³-hybridized carbons (Fsp3) is 0.381. The van der Waals surface area contributed by atoms with E-state index < -0.39 is 5.72 Å². The molecule has 3 saturated heterocycles. The zero-order valence-electron chi connectivity index (χ0n) is 15.6. The summed E-state index contributed by atoms with van der Waals surface area (Å²) in [6.07, 6.45) is 2.32. The van der Waals surface area contributed by atoms with Crippen LogP contribution >= 0.6 is 0 Å². The average Bonchev–Trinajstić information content (AvgIpc) is 3.36. The maximum absolute atomic E-state index is 13.2. The molecule has 144 valence electrons. The quantitative estimate of drug-likeness (QED) is 0.816. The number of amides is 2. The summed E-state index contributed by atoms with van der Waals surface area (Å²) in [5.41, 5.74) is 0.846. The number of carbonyl (C=O) groups excluding carboxylic acids is 2. The summed E-state index contributed by atoms with van der Waals surface area (Å²) in [7, 11) is 1.52. The molecule has 0 unspecified atom stereocenters. The fourth-order valence-corrected chi connectivity index (χ4v) is 4.73. The van der Waals surface area contributed by atoms with Gasteiger partial charge in [-0.3, -0.25) is 9.59 Å². The van der Waals surface area contributed by atoms with Crippen molar-refractivity contribution in [1.82, 2.24) is 14.8 Å². The van der Waals surface area contributed by atoms with Gasteiger partial charge in [-0.2, -0.15) is 0 Å². The first kappa shape index (κ1) is 17.2. The van der Waals surface area contributed by atoms with Gasteiger partial charge in [0, 0.05) is 30.8 Å². The predicted molar refractivity (Wildman–Crippen MR) is 99.6 cm³/mol. The second-order valence-corrected chi connectivity index (χ2v) is 7.42. The highest BCUT2D eigenvalue weighted by atomic mass is 16.5. The molecule has 28 heavy (non-hydrogen) atoms. The first-order valence-corrected chi connectivity index (χ1v) is 9.46. The number of pyridine rings is 1. The van der Waals surface area contributed by atoms with Gasteiger partial charge in [-0.1, -0.05) is 30.3 Å².